The molecule has 4 rings (SSSR count). The summed E-state index contributed by atoms with van der Waals surface area (Å²) in [6.07, 6.45) is 3.57. The Morgan fingerprint density at radius 1 is 1.12 bits per heavy atom. The van der Waals surface area contributed by atoms with Crippen molar-refractivity contribution in [2.75, 3.05) is 0 Å². The van der Waals surface area contributed by atoms with Crippen molar-refractivity contribution in [2.45, 2.75) is 0 Å². The average molecular weight is 354 g/mol. The van der Waals surface area contributed by atoms with Crippen molar-refractivity contribution >= 4 is 47.1 Å². The summed E-state index contributed by atoms with van der Waals surface area (Å²) in [4.78, 5) is 4.92. The third kappa shape index (κ3) is 2.40. The van der Waals surface area contributed by atoms with Crippen molar-refractivity contribution in [3.05, 3.63) is 68.7 Å². The molecule has 0 fully saturated rings. The Bertz CT molecular complexity index is 1060. The normalized spacial score (nSPS) is 14.3. The van der Waals surface area contributed by atoms with E-state index in [9.17, 15) is 9.50 Å². The van der Waals surface area contributed by atoms with Gasteiger partial charge >= 0.3 is 0 Å². The molecule has 0 radical (unpaired) electrons. The number of hydrogen-bond acceptors (Lipinski definition) is 4. The van der Waals surface area contributed by atoms with Gasteiger partial charge in [-0.1, -0.05) is 30.3 Å². The van der Waals surface area contributed by atoms with E-state index in [2.05, 4.69) is 4.99 Å². The number of aromatic nitrogens is 1. The summed E-state index contributed by atoms with van der Waals surface area (Å²) in [5.41, 5.74) is 3.01. The van der Waals surface area contributed by atoms with Gasteiger partial charge in [0.1, 0.15) is 5.82 Å². The van der Waals surface area contributed by atoms with Gasteiger partial charge in [-0.05, 0) is 36.5 Å². The van der Waals surface area contributed by atoms with Crippen molar-refractivity contribution in [1.82, 2.24) is 4.57 Å². The van der Waals surface area contributed by atoms with Crippen LogP contribution in [0.1, 0.15) is 10.4 Å². The third-order valence-corrected chi connectivity index (χ3v) is 5.06. The van der Waals surface area contributed by atoms with E-state index in [4.69, 9.17) is 12.2 Å². The number of nitrogens with zero attached hydrogens (tertiary/aromatic N) is 2. The van der Waals surface area contributed by atoms with Gasteiger partial charge in [-0.3, -0.25) is 9.56 Å². The zero-order valence-corrected chi connectivity index (χ0v) is 13.9. The molecule has 0 bridgehead atoms. The molecule has 24 heavy (non-hydrogen) atoms. The molecule has 1 aromatic heterocycles. The van der Waals surface area contributed by atoms with E-state index in [-0.39, 0.29) is 11.6 Å². The molecule has 6 heteroatoms. The van der Waals surface area contributed by atoms with Crippen LogP contribution in [0.3, 0.4) is 0 Å². The number of allylic oxidation sites excluding steroid dienone is 1. The zero-order valence-electron chi connectivity index (χ0n) is 12.3. The lowest BCUT2D eigenvalue weighted by Gasteiger charge is -2.05. The molecule has 2 aromatic carbocycles. The lowest BCUT2D eigenvalue weighted by Crippen LogP contribution is -1.96. The number of para-hydroxylation sites is 2. The standard InChI is InChI=1S/C18H11FN2OS2/c19-13-6-2-4-8-15(13)21-17(22)16(24-18(21)23)9-11-10-20-14-7-3-1-5-12(11)14/h1-10,22H. The molecule has 0 amide bonds. The van der Waals surface area contributed by atoms with Gasteiger partial charge in [-0.25, -0.2) is 4.39 Å². The molecule has 1 aliphatic heterocycles. The van der Waals surface area contributed by atoms with E-state index in [0.29, 0.717) is 8.83 Å². The SMILES string of the molecule is Oc1c(C=C2C=Nc3ccccc32)sc(=S)n1-c1ccccc1F. The quantitative estimate of drug-likeness (QED) is 0.628. The first-order valence-electron chi connectivity index (χ1n) is 7.20. The van der Waals surface area contributed by atoms with Crippen LogP contribution < -0.4 is 0 Å². The fourth-order valence-electron chi connectivity index (χ4n) is 2.62. The summed E-state index contributed by atoms with van der Waals surface area (Å²) in [6, 6.07) is 14.0. The Kier molecular flexibility index (Phi) is 3.63. The Hall–Kier alpha value is -2.57. The Morgan fingerprint density at radius 2 is 1.88 bits per heavy atom. The predicted octanol–water partition coefficient (Wildman–Crippen LogP) is 5.37. The second-order valence-corrected chi connectivity index (χ2v) is 6.89. The first-order chi connectivity index (χ1) is 11.6. The maximum absolute atomic E-state index is 14.0. The number of aromatic hydroxyl groups is 1. The summed E-state index contributed by atoms with van der Waals surface area (Å²) in [5, 5.41) is 10.5. The van der Waals surface area contributed by atoms with Gasteiger partial charge < -0.3 is 5.11 Å². The van der Waals surface area contributed by atoms with Crippen LogP contribution in [0, 0.1) is 9.77 Å². The van der Waals surface area contributed by atoms with E-state index in [1.54, 1.807) is 24.4 Å². The molecular formula is C18H11FN2OS2. The summed E-state index contributed by atoms with van der Waals surface area (Å²) in [5.74, 6) is -0.506. The maximum atomic E-state index is 14.0. The highest BCUT2D eigenvalue weighted by atomic mass is 32.1. The van der Waals surface area contributed by atoms with E-state index in [0.717, 1.165) is 16.8 Å². The first kappa shape index (κ1) is 15.0. The molecule has 0 unspecified atom stereocenters. The highest BCUT2D eigenvalue weighted by Crippen LogP contribution is 2.37. The van der Waals surface area contributed by atoms with Crippen molar-refractivity contribution in [3.8, 4) is 11.6 Å². The number of thiazole rings is 1. The number of hydrogen-bond donors (Lipinski definition) is 1. The van der Waals surface area contributed by atoms with Crippen molar-refractivity contribution in [3.63, 3.8) is 0 Å². The highest BCUT2D eigenvalue weighted by molar-refractivity contribution is 7.73. The fraction of sp³-hybridized carbons (Fsp3) is 0. The van der Waals surface area contributed by atoms with E-state index >= 15 is 0 Å². The van der Waals surface area contributed by atoms with Crippen LogP contribution in [0.25, 0.3) is 17.3 Å². The van der Waals surface area contributed by atoms with Gasteiger partial charge in [0.15, 0.2) is 3.95 Å². The summed E-state index contributed by atoms with van der Waals surface area (Å²) < 4.78 is 15.8. The molecule has 0 aliphatic carbocycles. The molecule has 0 saturated carbocycles. The average Bonchev–Trinajstić information content (AvgIpc) is 3.11. The molecule has 0 spiro atoms. The molecule has 2 heterocycles. The number of halogens is 1. The Balaban J connectivity index is 1.84. The van der Waals surface area contributed by atoms with Crippen LogP contribution in [-0.4, -0.2) is 15.9 Å². The van der Waals surface area contributed by atoms with Crippen LogP contribution in [-0.2, 0) is 0 Å². The van der Waals surface area contributed by atoms with Crippen molar-refractivity contribution in [2.24, 2.45) is 4.99 Å². The van der Waals surface area contributed by atoms with Gasteiger partial charge in [0.05, 0.1) is 16.3 Å². The van der Waals surface area contributed by atoms with Gasteiger partial charge in [0.2, 0.25) is 5.88 Å². The molecule has 0 saturated heterocycles. The molecule has 1 aliphatic rings. The van der Waals surface area contributed by atoms with Crippen molar-refractivity contribution in [1.29, 1.82) is 0 Å². The summed E-state index contributed by atoms with van der Waals surface area (Å²) >= 11 is 6.54. The van der Waals surface area contributed by atoms with E-state index in [1.807, 2.05) is 30.3 Å². The largest absolute Gasteiger partial charge is 0.493 e. The van der Waals surface area contributed by atoms with Crippen molar-refractivity contribution < 1.29 is 9.50 Å². The number of rotatable bonds is 2. The molecule has 118 valence electrons. The van der Waals surface area contributed by atoms with E-state index < -0.39 is 5.82 Å². The fourth-order valence-corrected chi connectivity index (χ4v) is 3.90. The molecular weight excluding hydrogens is 343 g/mol. The molecule has 3 nitrogen and oxygen atoms in total. The van der Waals surface area contributed by atoms with Crippen LogP contribution in [0.4, 0.5) is 10.1 Å². The van der Waals surface area contributed by atoms with Crippen LogP contribution in [0.2, 0.25) is 0 Å². The number of benzene rings is 2. The monoisotopic (exact) mass is 354 g/mol. The smallest absolute Gasteiger partial charge is 0.215 e. The number of aliphatic imine (C=N–C) groups is 1. The second kappa shape index (κ2) is 5.81. The van der Waals surface area contributed by atoms with Crippen LogP contribution >= 0.6 is 23.6 Å². The highest BCUT2D eigenvalue weighted by Gasteiger charge is 2.17. The minimum atomic E-state index is -0.436. The maximum Gasteiger partial charge on any atom is 0.215 e. The lowest BCUT2D eigenvalue weighted by molar-refractivity contribution is 0.438. The molecule has 3 aromatic rings. The first-order valence-corrected chi connectivity index (χ1v) is 8.42. The van der Waals surface area contributed by atoms with Gasteiger partial charge in [0.25, 0.3) is 0 Å². The third-order valence-electron chi connectivity index (χ3n) is 3.75. The van der Waals surface area contributed by atoms with Gasteiger partial charge in [-0.2, -0.15) is 0 Å². The van der Waals surface area contributed by atoms with E-state index in [1.165, 1.54) is 22.0 Å². The molecule has 1 N–H and O–H groups in total. The second-order valence-electron chi connectivity index (χ2n) is 5.22. The topological polar surface area (TPSA) is 37.5 Å². The van der Waals surface area contributed by atoms with Crippen LogP contribution in [0.5, 0.6) is 5.88 Å². The van der Waals surface area contributed by atoms with Gasteiger partial charge in [0, 0.05) is 17.4 Å². The summed E-state index contributed by atoms with van der Waals surface area (Å²) in [6.45, 7) is 0. The lowest BCUT2D eigenvalue weighted by atomic mass is 10.1. The zero-order chi connectivity index (χ0) is 16.7. The Morgan fingerprint density at radius 3 is 2.71 bits per heavy atom. The minimum Gasteiger partial charge on any atom is -0.493 e. The summed E-state index contributed by atoms with van der Waals surface area (Å²) in [7, 11) is 0. The minimum absolute atomic E-state index is 0.0691. The van der Waals surface area contributed by atoms with Gasteiger partial charge in [-0.15, -0.1) is 11.3 Å². The van der Waals surface area contributed by atoms with Crippen LogP contribution in [0.15, 0.2) is 53.5 Å². The predicted molar refractivity (Wildman–Crippen MR) is 98.6 cm³/mol. The molecule has 0 atom stereocenters. The number of fused-ring (bicyclic) bond motifs is 1. The Labute approximate surface area is 146 Å².